The third-order valence-electron chi connectivity index (χ3n) is 6.66. The molecule has 3 heterocycles. The van der Waals surface area contributed by atoms with Crippen LogP contribution in [0.25, 0.3) is 0 Å². The predicted molar refractivity (Wildman–Crippen MR) is 124 cm³/mol. The summed E-state index contributed by atoms with van der Waals surface area (Å²) in [5.74, 6) is -0.901. The van der Waals surface area contributed by atoms with Crippen LogP contribution in [0, 0.1) is 0 Å². The molecule has 178 valence electrons. The summed E-state index contributed by atoms with van der Waals surface area (Å²) < 4.78 is 11.2. The smallest absolute Gasteiger partial charge is 0.254 e. The number of nitrogens with zero attached hydrogens (tertiary/aromatic N) is 2. The maximum atomic E-state index is 13.1. The molecule has 2 saturated heterocycles. The van der Waals surface area contributed by atoms with E-state index in [0.29, 0.717) is 36.6 Å². The van der Waals surface area contributed by atoms with Crippen LogP contribution in [0.5, 0.6) is 5.75 Å². The Kier molecular flexibility index (Phi) is 6.06. The molecule has 2 fully saturated rings. The van der Waals surface area contributed by atoms with Gasteiger partial charge in [0.25, 0.3) is 5.91 Å². The molecule has 10 heteroatoms. The van der Waals surface area contributed by atoms with E-state index in [1.54, 1.807) is 23.1 Å². The van der Waals surface area contributed by atoms with Crippen molar-refractivity contribution in [2.75, 3.05) is 19.8 Å². The van der Waals surface area contributed by atoms with Crippen molar-refractivity contribution in [1.82, 2.24) is 15.1 Å². The van der Waals surface area contributed by atoms with Gasteiger partial charge in [0.1, 0.15) is 26.8 Å². The molecule has 1 atom stereocenters. The molecule has 0 aliphatic carbocycles. The Morgan fingerprint density at radius 3 is 2.57 bits per heavy atom. The number of imide groups is 1. The van der Waals surface area contributed by atoms with Crippen molar-refractivity contribution in [2.45, 2.75) is 38.0 Å². The summed E-state index contributed by atoms with van der Waals surface area (Å²) in [5.41, 5.74) is 1.46. The Morgan fingerprint density at radius 1 is 1.06 bits per heavy atom. The first kappa shape index (κ1) is 23.1. The van der Waals surface area contributed by atoms with Crippen LogP contribution in [0.2, 0.25) is 0 Å². The number of amides is 4. The number of hydrogen-bond donors (Lipinski definition) is 1. The first-order chi connectivity index (χ1) is 16.8. The van der Waals surface area contributed by atoms with Crippen LogP contribution in [-0.4, -0.2) is 66.5 Å². The van der Waals surface area contributed by atoms with E-state index in [1.165, 1.54) is 4.90 Å². The number of carbonyl (C=O) groups excluding carboxylic acids is 4. The summed E-state index contributed by atoms with van der Waals surface area (Å²) in [6.45, 7) is 2.20. The molecular weight excluding hydrogens is 449 g/mol. The minimum atomic E-state index is -1.58. The number of hydrogen-bond acceptors (Lipinski definition) is 6. The lowest BCUT2D eigenvalue weighted by atomic mass is 9.70. The van der Waals surface area contributed by atoms with E-state index in [-0.39, 0.29) is 44.4 Å². The number of nitrogens with one attached hydrogen (secondary N) is 1. The second kappa shape index (κ2) is 9.18. The van der Waals surface area contributed by atoms with Gasteiger partial charge in [-0.25, -0.2) is 0 Å². The summed E-state index contributed by atoms with van der Waals surface area (Å²) in [6, 6.07) is 13.0. The molecule has 5 rings (SSSR count). The zero-order valence-electron chi connectivity index (χ0n) is 19.1. The third kappa shape index (κ3) is 4.41. The highest BCUT2D eigenvalue weighted by Gasteiger charge is 2.48. The van der Waals surface area contributed by atoms with Crippen molar-refractivity contribution in [3.63, 3.8) is 0 Å². The summed E-state index contributed by atoms with van der Waals surface area (Å²) in [6.07, 6.45) is 0.136. The van der Waals surface area contributed by atoms with Gasteiger partial charge in [0.2, 0.25) is 17.7 Å². The van der Waals surface area contributed by atoms with Gasteiger partial charge in [0.15, 0.2) is 0 Å². The molecule has 1 unspecified atom stereocenters. The Balaban J connectivity index is 1.26. The van der Waals surface area contributed by atoms with E-state index in [4.69, 9.17) is 17.3 Å². The summed E-state index contributed by atoms with van der Waals surface area (Å²) >= 11 is 0. The van der Waals surface area contributed by atoms with Crippen LogP contribution in [0.4, 0.5) is 0 Å². The highest BCUT2D eigenvalue weighted by molar-refractivity contribution is 6.32. The Morgan fingerprint density at radius 2 is 1.83 bits per heavy atom. The molecule has 0 bridgehead atoms. The molecule has 0 saturated carbocycles. The van der Waals surface area contributed by atoms with Crippen LogP contribution >= 0.6 is 0 Å². The van der Waals surface area contributed by atoms with E-state index in [2.05, 4.69) is 5.32 Å². The molecule has 3 aliphatic heterocycles. The van der Waals surface area contributed by atoms with Gasteiger partial charge in [-0.05, 0) is 29.7 Å². The highest BCUT2D eigenvalue weighted by Crippen LogP contribution is 2.37. The molecule has 2 radical (unpaired) electrons. The summed E-state index contributed by atoms with van der Waals surface area (Å²) in [4.78, 5) is 52.1. The van der Waals surface area contributed by atoms with Gasteiger partial charge in [0.05, 0.1) is 18.6 Å². The standard InChI is InChI=1S/C25H24BN3O6/c26-25(9-8-21(30)27-24(25)33)29-13-19-18(23(29)32)2-1-3-20(19)35-14-17-6-4-16(5-7-17)12-28-10-11-34-15-22(28)31/h1-7H,8-15H2,(H,27,30,33). The number of ether oxygens (including phenoxy) is 2. The number of benzene rings is 2. The van der Waals surface area contributed by atoms with Gasteiger partial charge in [-0.15, -0.1) is 0 Å². The lowest BCUT2D eigenvalue weighted by Crippen LogP contribution is -2.63. The fourth-order valence-electron chi connectivity index (χ4n) is 4.57. The van der Waals surface area contributed by atoms with E-state index in [9.17, 15) is 19.2 Å². The van der Waals surface area contributed by atoms with Gasteiger partial charge >= 0.3 is 0 Å². The Bertz CT molecular complexity index is 1200. The quantitative estimate of drug-likeness (QED) is 0.494. The number of rotatable bonds is 6. The second-order valence-corrected chi connectivity index (χ2v) is 8.95. The largest absolute Gasteiger partial charge is 0.489 e. The van der Waals surface area contributed by atoms with E-state index < -0.39 is 17.3 Å². The van der Waals surface area contributed by atoms with Crippen molar-refractivity contribution in [1.29, 1.82) is 0 Å². The highest BCUT2D eigenvalue weighted by atomic mass is 16.5. The first-order valence-corrected chi connectivity index (χ1v) is 11.5. The molecule has 4 amide bonds. The van der Waals surface area contributed by atoms with Gasteiger partial charge in [-0.2, -0.15) is 0 Å². The molecular formula is C25H24BN3O6. The second-order valence-electron chi connectivity index (χ2n) is 8.95. The Labute approximate surface area is 203 Å². The third-order valence-corrected chi connectivity index (χ3v) is 6.66. The molecule has 1 N–H and O–H groups in total. The van der Waals surface area contributed by atoms with Crippen molar-refractivity contribution in [3.8, 4) is 5.75 Å². The number of piperidine rings is 1. The van der Waals surface area contributed by atoms with Crippen LogP contribution in [0.15, 0.2) is 42.5 Å². The minimum Gasteiger partial charge on any atom is -0.489 e. The number of carbonyl (C=O) groups is 4. The fourth-order valence-corrected chi connectivity index (χ4v) is 4.57. The van der Waals surface area contributed by atoms with Gasteiger partial charge in [-0.1, -0.05) is 30.3 Å². The SMILES string of the molecule is [B]C1(N2Cc3c(OCc4ccc(CN5CCOCC5=O)cc4)cccc3C2=O)CCC(=O)NC1=O. The molecule has 35 heavy (non-hydrogen) atoms. The zero-order valence-corrected chi connectivity index (χ0v) is 19.1. The van der Waals surface area contributed by atoms with E-state index in [0.717, 1.165) is 11.1 Å². The van der Waals surface area contributed by atoms with Gasteiger partial charge in [0, 0.05) is 30.6 Å². The Hall–Kier alpha value is -3.66. The number of fused-ring (bicyclic) bond motifs is 1. The maximum absolute atomic E-state index is 13.1. The zero-order chi connectivity index (χ0) is 24.6. The van der Waals surface area contributed by atoms with Crippen molar-refractivity contribution in [3.05, 3.63) is 64.7 Å². The fraction of sp³-hybridized carbons (Fsp3) is 0.360. The van der Waals surface area contributed by atoms with Crippen molar-refractivity contribution >= 4 is 31.5 Å². The summed E-state index contributed by atoms with van der Waals surface area (Å²) in [7, 11) is 6.31. The van der Waals surface area contributed by atoms with Gasteiger partial charge < -0.3 is 19.3 Å². The van der Waals surface area contributed by atoms with Crippen molar-refractivity contribution < 1.29 is 28.7 Å². The van der Waals surface area contributed by atoms with Crippen LogP contribution in [0.3, 0.4) is 0 Å². The van der Waals surface area contributed by atoms with Crippen molar-refractivity contribution in [2.24, 2.45) is 0 Å². The average molecular weight is 473 g/mol. The number of morpholine rings is 1. The molecule has 0 spiro atoms. The lowest BCUT2D eigenvalue weighted by molar-refractivity contribution is -0.143. The van der Waals surface area contributed by atoms with Crippen LogP contribution < -0.4 is 10.1 Å². The monoisotopic (exact) mass is 473 g/mol. The van der Waals surface area contributed by atoms with E-state index in [1.807, 2.05) is 24.3 Å². The lowest BCUT2D eigenvalue weighted by Gasteiger charge is -2.40. The molecule has 9 nitrogen and oxygen atoms in total. The summed E-state index contributed by atoms with van der Waals surface area (Å²) in [5, 5.41) is 2.23. The predicted octanol–water partition coefficient (Wildman–Crippen LogP) is 0.882. The molecule has 3 aliphatic rings. The normalized spacial score (nSPS) is 22.3. The topological polar surface area (TPSA) is 105 Å². The maximum Gasteiger partial charge on any atom is 0.254 e. The van der Waals surface area contributed by atoms with Gasteiger partial charge in [-0.3, -0.25) is 24.5 Å². The average Bonchev–Trinajstić information content (AvgIpc) is 3.20. The molecule has 2 aromatic rings. The molecule has 2 aromatic carbocycles. The van der Waals surface area contributed by atoms with Crippen LogP contribution in [0.1, 0.15) is 39.9 Å². The minimum absolute atomic E-state index is 0.0123. The van der Waals surface area contributed by atoms with E-state index >= 15 is 0 Å². The first-order valence-electron chi connectivity index (χ1n) is 11.5. The van der Waals surface area contributed by atoms with Crippen LogP contribution in [-0.2, 0) is 38.8 Å². The molecule has 0 aromatic heterocycles.